The molecule has 1 aliphatic heterocycles. The Morgan fingerprint density at radius 2 is 1.88 bits per heavy atom. The van der Waals surface area contributed by atoms with Gasteiger partial charge in [0.2, 0.25) is 11.8 Å². The Balaban J connectivity index is 1.34. The van der Waals surface area contributed by atoms with E-state index in [2.05, 4.69) is 34.5 Å². The van der Waals surface area contributed by atoms with Crippen molar-refractivity contribution in [3.05, 3.63) is 35.4 Å². The number of nitrogens with one attached hydrogen (secondary N) is 1. The fourth-order valence-corrected chi connectivity index (χ4v) is 4.25. The van der Waals surface area contributed by atoms with Crippen LogP contribution in [0.1, 0.15) is 49.3 Å². The summed E-state index contributed by atoms with van der Waals surface area (Å²) in [6.45, 7) is 2.21. The zero-order chi connectivity index (χ0) is 17.2. The van der Waals surface area contributed by atoms with Gasteiger partial charge in [-0.25, -0.2) is 0 Å². The molecule has 2 amide bonds. The van der Waals surface area contributed by atoms with E-state index in [0.717, 1.165) is 38.8 Å². The zero-order valence-corrected chi connectivity index (χ0v) is 14.7. The van der Waals surface area contributed by atoms with Crippen LogP contribution in [-0.2, 0) is 16.0 Å². The predicted molar refractivity (Wildman–Crippen MR) is 96.1 cm³/mol. The molecule has 1 N–H and O–H groups in total. The Morgan fingerprint density at radius 1 is 1.12 bits per heavy atom. The van der Waals surface area contributed by atoms with E-state index in [4.69, 9.17) is 0 Å². The molecule has 4 rings (SSSR count). The van der Waals surface area contributed by atoms with Crippen molar-refractivity contribution in [2.75, 3.05) is 26.2 Å². The summed E-state index contributed by atoms with van der Waals surface area (Å²) in [6.07, 6.45) is 6.71. The van der Waals surface area contributed by atoms with Gasteiger partial charge in [0.15, 0.2) is 0 Å². The monoisotopic (exact) mass is 341 g/mol. The van der Waals surface area contributed by atoms with E-state index in [1.807, 2.05) is 4.90 Å². The molecule has 1 aromatic carbocycles. The second-order valence-corrected chi connectivity index (χ2v) is 7.52. The molecular weight excluding hydrogens is 314 g/mol. The average molecular weight is 341 g/mol. The molecule has 1 atom stereocenters. The summed E-state index contributed by atoms with van der Waals surface area (Å²) in [5.74, 6) is 0.0267. The predicted octanol–water partition coefficient (Wildman–Crippen LogP) is 1.88. The van der Waals surface area contributed by atoms with Gasteiger partial charge < -0.3 is 10.2 Å². The van der Waals surface area contributed by atoms with Crippen LogP contribution >= 0.6 is 0 Å². The number of nitrogens with zero attached hydrogens (tertiary/aromatic N) is 2. The third-order valence-electron chi connectivity index (χ3n) is 5.74. The van der Waals surface area contributed by atoms with E-state index in [1.165, 1.54) is 24.0 Å². The highest BCUT2D eigenvalue weighted by molar-refractivity contribution is 5.85. The Morgan fingerprint density at radius 3 is 2.64 bits per heavy atom. The van der Waals surface area contributed by atoms with E-state index >= 15 is 0 Å². The van der Waals surface area contributed by atoms with Crippen molar-refractivity contribution in [3.63, 3.8) is 0 Å². The average Bonchev–Trinajstić information content (AvgIpc) is 3.15. The van der Waals surface area contributed by atoms with Crippen LogP contribution in [0.25, 0.3) is 0 Å². The summed E-state index contributed by atoms with van der Waals surface area (Å²) < 4.78 is 0. The summed E-state index contributed by atoms with van der Waals surface area (Å²) in [7, 11) is 0. The number of fused-ring (bicyclic) bond motifs is 1. The maximum atomic E-state index is 12.5. The normalized spacial score (nSPS) is 22.3. The third-order valence-corrected chi connectivity index (χ3v) is 5.74. The van der Waals surface area contributed by atoms with Crippen LogP contribution in [0, 0.1) is 0 Å². The van der Waals surface area contributed by atoms with Crippen LogP contribution in [0.4, 0.5) is 0 Å². The van der Waals surface area contributed by atoms with Gasteiger partial charge in [-0.1, -0.05) is 24.3 Å². The Hall–Kier alpha value is -1.88. The van der Waals surface area contributed by atoms with Gasteiger partial charge in [-0.15, -0.1) is 0 Å². The largest absolute Gasteiger partial charge is 0.346 e. The molecule has 0 radical (unpaired) electrons. The molecule has 0 unspecified atom stereocenters. The molecule has 1 aromatic rings. The summed E-state index contributed by atoms with van der Waals surface area (Å²) >= 11 is 0. The van der Waals surface area contributed by atoms with Crippen LogP contribution in [0.3, 0.4) is 0 Å². The highest BCUT2D eigenvalue weighted by Gasteiger charge is 2.38. The van der Waals surface area contributed by atoms with E-state index in [9.17, 15) is 9.59 Å². The number of rotatable bonds is 6. The van der Waals surface area contributed by atoms with Gasteiger partial charge in [0, 0.05) is 25.2 Å². The zero-order valence-electron chi connectivity index (χ0n) is 14.7. The first-order valence-corrected chi connectivity index (χ1v) is 9.60. The minimum Gasteiger partial charge on any atom is -0.346 e. The van der Waals surface area contributed by atoms with Gasteiger partial charge in [-0.05, 0) is 49.7 Å². The Kier molecular flexibility index (Phi) is 4.75. The molecule has 0 bridgehead atoms. The van der Waals surface area contributed by atoms with Gasteiger partial charge in [-0.2, -0.15) is 0 Å². The van der Waals surface area contributed by atoms with Gasteiger partial charge in [0.05, 0.1) is 13.1 Å². The van der Waals surface area contributed by atoms with Crippen molar-refractivity contribution < 1.29 is 9.59 Å². The van der Waals surface area contributed by atoms with Crippen LogP contribution in [0.5, 0.6) is 0 Å². The SMILES string of the molecule is O=C(CN(C1CC1)[C@@H]1CCc2ccccc21)NCC(=O)N1CCCC1. The molecule has 3 aliphatic rings. The minimum absolute atomic E-state index is 0.0242. The smallest absolute Gasteiger partial charge is 0.241 e. The molecular formula is C20H27N3O2. The lowest BCUT2D eigenvalue weighted by Gasteiger charge is -2.29. The first-order chi connectivity index (χ1) is 12.2. The van der Waals surface area contributed by atoms with Gasteiger partial charge in [0.1, 0.15) is 0 Å². The maximum Gasteiger partial charge on any atom is 0.241 e. The number of amides is 2. The standard InChI is InChI=1S/C20H27N3O2/c24-19(21-13-20(25)22-11-3-4-12-22)14-23(16-8-9-16)18-10-7-15-5-1-2-6-17(15)18/h1-2,5-6,16,18H,3-4,7-14H2,(H,21,24)/t18-/m1/s1. The first kappa shape index (κ1) is 16.6. The summed E-state index contributed by atoms with van der Waals surface area (Å²) in [5, 5.41) is 2.85. The third kappa shape index (κ3) is 3.71. The molecule has 5 nitrogen and oxygen atoms in total. The van der Waals surface area contributed by atoms with Gasteiger partial charge in [-0.3, -0.25) is 14.5 Å². The van der Waals surface area contributed by atoms with E-state index in [0.29, 0.717) is 18.6 Å². The number of likely N-dealkylation sites (tertiary alicyclic amines) is 1. The van der Waals surface area contributed by atoms with E-state index < -0.39 is 0 Å². The van der Waals surface area contributed by atoms with E-state index in [1.54, 1.807) is 0 Å². The molecule has 2 fully saturated rings. The first-order valence-electron chi connectivity index (χ1n) is 9.60. The molecule has 5 heteroatoms. The number of hydrogen-bond donors (Lipinski definition) is 1. The molecule has 25 heavy (non-hydrogen) atoms. The Bertz CT molecular complexity index is 650. The number of carbonyl (C=O) groups is 2. The molecule has 2 aliphatic carbocycles. The quantitative estimate of drug-likeness (QED) is 0.859. The molecule has 134 valence electrons. The second kappa shape index (κ2) is 7.16. The summed E-state index contributed by atoms with van der Waals surface area (Å²) in [6, 6.07) is 9.47. The lowest BCUT2D eigenvalue weighted by molar-refractivity contribution is -0.132. The molecule has 1 heterocycles. The number of benzene rings is 1. The van der Waals surface area contributed by atoms with Crippen LogP contribution in [0.2, 0.25) is 0 Å². The fourth-order valence-electron chi connectivity index (χ4n) is 4.25. The lowest BCUT2D eigenvalue weighted by atomic mass is 10.1. The van der Waals surface area contributed by atoms with Crippen molar-refractivity contribution in [1.82, 2.24) is 15.1 Å². The van der Waals surface area contributed by atoms with Crippen molar-refractivity contribution in [2.45, 2.75) is 50.6 Å². The molecule has 1 saturated heterocycles. The van der Waals surface area contributed by atoms with Crippen molar-refractivity contribution in [2.24, 2.45) is 0 Å². The summed E-state index contributed by atoms with van der Waals surface area (Å²) in [4.78, 5) is 28.8. The highest BCUT2D eigenvalue weighted by Crippen LogP contribution is 2.41. The van der Waals surface area contributed by atoms with E-state index in [-0.39, 0.29) is 18.4 Å². The lowest BCUT2D eigenvalue weighted by Crippen LogP contribution is -2.44. The Labute approximate surface area is 149 Å². The van der Waals surface area contributed by atoms with Crippen molar-refractivity contribution >= 4 is 11.8 Å². The highest BCUT2D eigenvalue weighted by atomic mass is 16.2. The minimum atomic E-state index is -0.0242. The number of carbonyl (C=O) groups excluding carboxylic acids is 2. The van der Waals surface area contributed by atoms with Crippen molar-refractivity contribution in [1.29, 1.82) is 0 Å². The van der Waals surface area contributed by atoms with Gasteiger partial charge >= 0.3 is 0 Å². The van der Waals surface area contributed by atoms with Crippen LogP contribution < -0.4 is 5.32 Å². The molecule has 1 saturated carbocycles. The topological polar surface area (TPSA) is 52.7 Å². The van der Waals surface area contributed by atoms with Crippen LogP contribution in [0.15, 0.2) is 24.3 Å². The number of aryl methyl sites for hydroxylation is 1. The number of hydrogen-bond acceptors (Lipinski definition) is 3. The second-order valence-electron chi connectivity index (χ2n) is 7.52. The summed E-state index contributed by atoms with van der Waals surface area (Å²) in [5.41, 5.74) is 2.80. The van der Waals surface area contributed by atoms with Gasteiger partial charge in [0.25, 0.3) is 0 Å². The molecule has 0 spiro atoms. The van der Waals surface area contributed by atoms with Crippen molar-refractivity contribution in [3.8, 4) is 0 Å². The fraction of sp³-hybridized carbons (Fsp3) is 0.600. The maximum absolute atomic E-state index is 12.5. The molecule has 0 aromatic heterocycles. The van der Waals surface area contributed by atoms with Crippen LogP contribution in [-0.4, -0.2) is 53.8 Å².